The minimum atomic E-state index is -0.187. The number of carbonyl (C=O) groups is 1. The molecule has 0 spiro atoms. The average molecular weight is 330 g/mol. The van der Waals surface area contributed by atoms with E-state index in [4.69, 9.17) is 16.3 Å². The third-order valence-electron chi connectivity index (χ3n) is 3.44. The van der Waals surface area contributed by atoms with Crippen LogP contribution in [0.25, 0.3) is 10.8 Å². The van der Waals surface area contributed by atoms with Gasteiger partial charge in [-0.1, -0.05) is 35.9 Å². The van der Waals surface area contributed by atoms with Crippen LogP contribution in [0.4, 0.5) is 0 Å². The Kier molecular flexibility index (Phi) is 4.48. The number of hydrogen-bond donors (Lipinski definition) is 1. The van der Waals surface area contributed by atoms with Gasteiger partial charge in [-0.25, -0.2) is 0 Å². The number of rotatable bonds is 5. The first-order valence-corrected chi connectivity index (χ1v) is 7.55. The quantitative estimate of drug-likeness (QED) is 0.783. The van der Waals surface area contributed by atoms with Crippen molar-refractivity contribution in [3.05, 3.63) is 59.4 Å². The van der Waals surface area contributed by atoms with Crippen LogP contribution in [0.3, 0.4) is 0 Å². The van der Waals surface area contributed by atoms with Gasteiger partial charge in [-0.3, -0.25) is 9.48 Å². The van der Waals surface area contributed by atoms with E-state index in [1.54, 1.807) is 23.0 Å². The van der Waals surface area contributed by atoms with Crippen molar-refractivity contribution in [2.45, 2.75) is 6.54 Å². The highest BCUT2D eigenvalue weighted by molar-refractivity contribution is 6.35. The Morgan fingerprint density at radius 1 is 1.26 bits per heavy atom. The van der Waals surface area contributed by atoms with Gasteiger partial charge in [-0.05, 0) is 12.1 Å². The van der Waals surface area contributed by atoms with Crippen LogP contribution < -0.4 is 10.1 Å². The highest BCUT2D eigenvalue weighted by Crippen LogP contribution is 2.31. The number of aryl methyl sites for hydroxylation is 1. The standard InChI is InChI=1S/C17H16ClN3O2/c1-21-10-12(9-20-21)8-19-17(22)11-23-16-7-6-15(18)13-4-2-3-5-14(13)16/h2-7,9-10H,8,11H2,1H3,(H,19,22). The number of nitrogens with zero attached hydrogens (tertiary/aromatic N) is 2. The fraction of sp³-hybridized carbons (Fsp3) is 0.176. The van der Waals surface area contributed by atoms with Crippen LogP contribution in [0, 0.1) is 0 Å². The second-order valence-corrected chi connectivity index (χ2v) is 5.59. The molecule has 5 nitrogen and oxygen atoms in total. The first-order chi connectivity index (χ1) is 11.1. The lowest BCUT2D eigenvalue weighted by molar-refractivity contribution is -0.123. The zero-order valence-electron chi connectivity index (χ0n) is 12.6. The number of ether oxygens (including phenoxy) is 1. The number of halogens is 1. The summed E-state index contributed by atoms with van der Waals surface area (Å²) < 4.78 is 7.33. The van der Waals surface area contributed by atoms with Gasteiger partial charge in [0.15, 0.2) is 6.61 Å². The summed E-state index contributed by atoms with van der Waals surface area (Å²) in [5.41, 5.74) is 0.942. The molecule has 6 heteroatoms. The lowest BCUT2D eigenvalue weighted by Crippen LogP contribution is -2.28. The number of nitrogens with one attached hydrogen (secondary N) is 1. The Balaban J connectivity index is 1.62. The number of aromatic nitrogens is 2. The molecule has 0 fully saturated rings. The lowest BCUT2D eigenvalue weighted by Gasteiger charge is -2.10. The van der Waals surface area contributed by atoms with Crippen LogP contribution in [0.5, 0.6) is 5.75 Å². The SMILES string of the molecule is Cn1cc(CNC(=O)COc2ccc(Cl)c3ccccc23)cn1. The molecule has 1 N–H and O–H groups in total. The van der Waals surface area contributed by atoms with E-state index in [0.29, 0.717) is 17.3 Å². The third kappa shape index (κ3) is 3.63. The molecular formula is C17H16ClN3O2. The summed E-state index contributed by atoms with van der Waals surface area (Å²) in [6, 6.07) is 11.2. The summed E-state index contributed by atoms with van der Waals surface area (Å²) in [5, 5.41) is 9.31. The van der Waals surface area contributed by atoms with Gasteiger partial charge in [0.2, 0.25) is 0 Å². The van der Waals surface area contributed by atoms with E-state index in [1.165, 1.54) is 0 Å². The minimum absolute atomic E-state index is 0.0497. The summed E-state index contributed by atoms with van der Waals surface area (Å²) in [4.78, 5) is 11.9. The molecule has 0 radical (unpaired) electrons. The maximum atomic E-state index is 11.9. The van der Waals surface area contributed by atoms with E-state index in [0.717, 1.165) is 16.3 Å². The van der Waals surface area contributed by atoms with Crippen LogP contribution in [0.15, 0.2) is 48.8 Å². The molecule has 118 valence electrons. The van der Waals surface area contributed by atoms with Crippen molar-refractivity contribution in [3.8, 4) is 5.75 Å². The maximum Gasteiger partial charge on any atom is 0.258 e. The smallest absolute Gasteiger partial charge is 0.258 e. The van der Waals surface area contributed by atoms with Crippen molar-refractivity contribution in [1.82, 2.24) is 15.1 Å². The van der Waals surface area contributed by atoms with E-state index in [2.05, 4.69) is 10.4 Å². The van der Waals surface area contributed by atoms with Gasteiger partial charge in [-0.2, -0.15) is 5.10 Å². The second-order valence-electron chi connectivity index (χ2n) is 5.18. The maximum absolute atomic E-state index is 11.9. The minimum Gasteiger partial charge on any atom is -0.483 e. The number of fused-ring (bicyclic) bond motifs is 1. The molecule has 2 aromatic carbocycles. The second kappa shape index (κ2) is 6.71. The van der Waals surface area contributed by atoms with Gasteiger partial charge in [0.1, 0.15) is 5.75 Å². The molecule has 1 aromatic heterocycles. The summed E-state index contributed by atoms with van der Waals surface area (Å²) in [6.45, 7) is 0.378. The highest BCUT2D eigenvalue weighted by atomic mass is 35.5. The van der Waals surface area contributed by atoms with Gasteiger partial charge in [0, 0.05) is 41.1 Å². The molecule has 1 heterocycles. The van der Waals surface area contributed by atoms with Crippen LogP contribution in [0.2, 0.25) is 5.02 Å². The van der Waals surface area contributed by atoms with Gasteiger partial charge in [0.25, 0.3) is 5.91 Å². The predicted octanol–water partition coefficient (Wildman–Crippen LogP) is 2.92. The fourth-order valence-electron chi connectivity index (χ4n) is 2.32. The van der Waals surface area contributed by atoms with Gasteiger partial charge in [0.05, 0.1) is 6.20 Å². The zero-order chi connectivity index (χ0) is 16.2. The van der Waals surface area contributed by atoms with Crippen LogP contribution in [0.1, 0.15) is 5.56 Å². The number of carbonyl (C=O) groups excluding carboxylic acids is 1. The average Bonchev–Trinajstić information content (AvgIpc) is 2.98. The van der Waals surface area contributed by atoms with Crippen molar-refractivity contribution in [2.75, 3.05) is 6.61 Å². The molecule has 0 aliphatic carbocycles. The van der Waals surface area contributed by atoms with Crippen LogP contribution in [-0.4, -0.2) is 22.3 Å². The zero-order valence-corrected chi connectivity index (χ0v) is 13.4. The summed E-state index contributed by atoms with van der Waals surface area (Å²) in [7, 11) is 1.83. The molecule has 23 heavy (non-hydrogen) atoms. The van der Waals surface area contributed by atoms with Gasteiger partial charge < -0.3 is 10.1 Å². The molecular weight excluding hydrogens is 314 g/mol. The summed E-state index contributed by atoms with van der Waals surface area (Å²) in [5.74, 6) is 0.453. The van der Waals surface area contributed by atoms with Crippen molar-refractivity contribution >= 4 is 28.3 Å². The molecule has 1 amide bonds. The molecule has 0 saturated carbocycles. The molecule has 0 saturated heterocycles. The fourth-order valence-corrected chi connectivity index (χ4v) is 2.55. The van der Waals surface area contributed by atoms with Crippen molar-refractivity contribution in [2.24, 2.45) is 7.05 Å². The normalized spacial score (nSPS) is 10.7. The van der Waals surface area contributed by atoms with E-state index in [1.807, 2.05) is 37.5 Å². The molecule has 0 bridgehead atoms. The molecule has 0 unspecified atom stereocenters. The largest absolute Gasteiger partial charge is 0.483 e. The van der Waals surface area contributed by atoms with Crippen LogP contribution in [-0.2, 0) is 18.4 Å². The van der Waals surface area contributed by atoms with Crippen LogP contribution >= 0.6 is 11.6 Å². The van der Waals surface area contributed by atoms with Gasteiger partial charge in [-0.15, -0.1) is 0 Å². The number of hydrogen-bond acceptors (Lipinski definition) is 3. The lowest BCUT2D eigenvalue weighted by atomic mass is 10.1. The van der Waals surface area contributed by atoms with Crippen molar-refractivity contribution < 1.29 is 9.53 Å². The molecule has 3 aromatic rings. The first kappa shape index (κ1) is 15.4. The molecule has 3 rings (SSSR count). The van der Waals surface area contributed by atoms with Crippen molar-refractivity contribution in [3.63, 3.8) is 0 Å². The Morgan fingerprint density at radius 2 is 2.04 bits per heavy atom. The predicted molar refractivity (Wildman–Crippen MR) is 89.5 cm³/mol. The third-order valence-corrected chi connectivity index (χ3v) is 3.77. The number of benzene rings is 2. The Labute approximate surface area is 138 Å². The molecule has 0 aliphatic heterocycles. The van der Waals surface area contributed by atoms with E-state index >= 15 is 0 Å². The Hall–Kier alpha value is -2.53. The summed E-state index contributed by atoms with van der Waals surface area (Å²) >= 11 is 6.17. The molecule has 0 aliphatic rings. The topological polar surface area (TPSA) is 56.2 Å². The first-order valence-electron chi connectivity index (χ1n) is 7.18. The number of amides is 1. The Bertz CT molecular complexity index is 845. The van der Waals surface area contributed by atoms with Gasteiger partial charge >= 0.3 is 0 Å². The van der Waals surface area contributed by atoms with E-state index in [9.17, 15) is 4.79 Å². The highest BCUT2D eigenvalue weighted by Gasteiger charge is 2.08. The van der Waals surface area contributed by atoms with Crippen molar-refractivity contribution in [1.29, 1.82) is 0 Å². The van der Waals surface area contributed by atoms with E-state index < -0.39 is 0 Å². The monoisotopic (exact) mass is 329 g/mol. The summed E-state index contributed by atoms with van der Waals surface area (Å²) in [6.07, 6.45) is 3.57. The molecule has 0 atom stereocenters. The van der Waals surface area contributed by atoms with E-state index in [-0.39, 0.29) is 12.5 Å². The Morgan fingerprint density at radius 3 is 2.78 bits per heavy atom.